The summed E-state index contributed by atoms with van der Waals surface area (Å²) in [6.45, 7) is -1.32. The Balaban J connectivity index is 2.49. The minimum absolute atomic E-state index is 0.173. The van der Waals surface area contributed by atoms with Crippen LogP contribution in [0.2, 0.25) is 0 Å². The van der Waals surface area contributed by atoms with Gasteiger partial charge in [0.25, 0.3) is 0 Å². The highest BCUT2D eigenvalue weighted by atomic mass is 19.4. The van der Waals surface area contributed by atoms with Crippen LogP contribution in [0.1, 0.15) is 5.56 Å². The van der Waals surface area contributed by atoms with E-state index in [0.29, 0.717) is 18.0 Å². The van der Waals surface area contributed by atoms with Gasteiger partial charge in [0, 0.05) is 6.54 Å². The van der Waals surface area contributed by atoms with Gasteiger partial charge in [-0.2, -0.15) is 13.2 Å². The molecule has 0 bridgehead atoms. The average molecular weight is 363 g/mol. The second kappa shape index (κ2) is 9.11. The predicted octanol–water partition coefficient (Wildman–Crippen LogP) is 1.52. The SMILES string of the molecule is COc1ccc(CN(C)CC(=O)NC(=O)NCC(F)(F)F)cc1OC. The van der Waals surface area contributed by atoms with Gasteiger partial charge in [0.2, 0.25) is 5.91 Å². The molecule has 0 fully saturated rings. The Kier molecular flexibility index (Phi) is 7.49. The predicted molar refractivity (Wildman–Crippen MR) is 83.5 cm³/mol. The number of carbonyl (C=O) groups is 2. The van der Waals surface area contributed by atoms with Crippen molar-refractivity contribution in [2.45, 2.75) is 12.7 Å². The smallest absolute Gasteiger partial charge is 0.405 e. The summed E-state index contributed by atoms with van der Waals surface area (Å²) >= 11 is 0. The number of nitrogens with one attached hydrogen (secondary N) is 2. The van der Waals surface area contributed by atoms with E-state index in [1.807, 2.05) is 5.32 Å². The van der Waals surface area contributed by atoms with E-state index in [4.69, 9.17) is 9.47 Å². The quantitative estimate of drug-likeness (QED) is 0.768. The molecule has 0 heterocycles. The highest BCUT2D eigenvalue weighted by Crippen LogP contribution is 2.27. The zero-order valence-corrected chi connectivity index (χ0v) is 14.1. The lowest BCUT2D eigenvalue weighted by Gasteiger charge is -2.17. The van der Waals surface area contributed by atoms with Crippen molar-refractivity contribution in [2.24, 2.45) is 0 Å². The van der Waals surface area contributed by atoms with Gasteiger partial charge in [0.15, 0.2) is 11.5 Å². The van der Waals surface area contributed by atoms with Crippen LogP contribution >= 0.6 is 0 Å². The van der Waals surface area contributed by atoms with Crippen molar-refractivity contribution in [1.29, 1.82) is 0 Å². The molecule has 140 valence electrons. The van der Waals surface area contributed by atoms with Gasteiger partial charge in [-0.15, -0.1) is 0 Å². The summed E-state index contributed by atoms with van der Waals surface area (Å²) in [6.07, 6.45) is -4.54. The lowest BCUT2D eigenvalue weighted by atomic mass is 10.2. The first-order chi connectivity index (χ1) is 11.6. The molecule has 0 aliphatic carbocycles. The van der Waals surface area contributed by atoms with Gasteiger partial charge in [-0.25, -0.2) is 4.79 Å². The molecule has 10 heteroatoms. The van der Waals surface area contributed by atoms with Gasteiger partial charge in [-0.1, -0.05) is 6.07 Å². The molecule has 3 amide bonds. The number of methoxy groups -OCH3 is 2. The van der Waals surface area contributed by atoms with Crippen molar-refractivity contribution in [2.75, 3.05) is 34.4 Å². The Morgan fingerprint density at radius 1 is 1.16 bits per heavy atom. The van der Waals surface area contributed by atoms with E-state index in [1.54, 1.807) is 35.5 Å². The van der Waals surface area contributed by atoms with E-state index in [1.165, 1.54) is 14.2 Å². The van der Waals surface area contributed by atoms with E-state index in [-0.39, 0.29) is 6.54 Å². The lowest BCUT2D eigenvalue weighted by Crippen LogP contribution is -2.46. The maximum absolute atomic E-state index is 12.0. The van der Waals surface area contributed by atoms with Crippen LogP contribution < -0.4 is 20.1 Å². The van der Waals surface area contributed by atoms with Gasteiger partial charge < -0.3 is 14.8 Å². The van der Waals surface area contributed by atoms with Crippen molar-refractivity contribution in [3.63, 3.8) is 0 Å². The molecule has 0 saturated heterocycles. The van der Waals surface area contributed by atoms with Crippen LogP contribution in [0.15, 0.2) is 18.2 Å². The topological polar surface area (TPSA) is 79.9 Å². The third kappa shape index (κ3) is 7.75. The summed E-state index contributed by atoms with van der Waals surface area (Å²) in [7, 11) is 4.64. The summed E-state index contributed by atoms with van der Waals surface area (Å²) in [5.41, 5.74) is 0.828. The number of urea groups is 1. The number of benzene rings is 1. The molecule has 0 saturated carbocycles. The molecule has 0 aliphatic heterocycles. The number of amides is 3. The van der Waals surface area contributed by atoms with E-state index in [9.17, 15) is 22.8 Å². The maximum atomic E-state index is 12.0. The Hall–Kier alpha value is -2.49. The lowest BCUT2D eigenvalue weighted by molar-refractivity contribution is -0.125. The summed E-state index contributed by atoms with van der Waals surface area (Å²) in [5, 5.41) is 3.39. The molecule has 7 nitrogen and oxygen atoms in total. The molecular formula is C15H20F3N3O4. The van der Waals surface area contributed by atoms with Crippen molar-refractivity contribution in [1.82, 2.24) is 15.5 Å². The zero-order valence-electron chi connectivity index (χ0n) is 14.1. The minimum atomic E-state index is -4.54. The van der Waals surface area contributed by atoms with Gasteiger partial charge >= 0.3 is 12.2 Å². The molecule has 0 aromatic heterocycles. The van der Waals surface area contributed by atoms with Crippen molar-refractivity contribution in [3.8, 4) is 11.5 Å². The van der Waals surface area contributed by atoms with Crippen LogP contribution in [0.4, 0.5) is 18.0 Å². The molecule has 1 rings (SSSR count). The monoisotopic (exact) mass is 363 g/mol. The Morgan fingerprint density at radius 3 is 2.36 bits per heavy atom. The zero-order chi connectivity index (χ0) is 19.0. The fourth-order valence-electron chi connectivity index (χ4n) is 1.98. The number of ether oxygens (including phenoxy) is 2. The van der Waals surface area contributed by atoms with Crippen molar-refractivity contribution in [3.05, 3.63) is 23.8 Å². The number of nitrogens with zero attached hydrogens (tertiary/aromatic N) is 1. The third-order valence-corrected chi connectivity index (χ3v) is 3.02. The Morgan fingerprint density at radius 2 is 1.80 bits per heavy atom. The van der Waals surface area contributed by atoms with Gasteiger partial charge in [-0.05, 0) is 24.7 Å². The number of hydrogen-bond acceptors (Lipinski definition) is 5. The molecular weight excluding hydrogens is 343 g/mol. The normalized spacial score (nSPS) is 11.2. The largest absolute Gasteiger partial charge is 0.493 e. The number of carbonyl (C=O) groups excluding carboxylic acids is 2. The molecule has 0 aliphatic rings. The van der Waals surface area contributed by atoms with Crippen LogP contribution in [0, 0.1) is 0 Å². The number of imide groups is 1. The van der Waals surface area contributed by atoms with Gasteiger partial charge in [-0.3, -0.25) is 15.0 Å². The van der Waals surface area contributed by atoms with Gasteiger partial charge in [0.05, 0.1) is 20.8 Å². The summed E-state index contributed by atoms with van der Waals surface area (Å²) < 4.78 is 46.2. The molecule has 0 radical (unpaired) electrons. The number of alkyl halides is 3. The van der Waals surface area contributed by atoms with Crippen LogP contribution in [0.3, 0.4) is 0 Å². The Labute approximate surface area is 143 Å². The average Bonchev–Trinajstić information content (AvgIpc) is 2.51. The highest BCUT2D eigenvalue weighted by Gasteiger charge is 2.28. The van der Waals surface area contributed by atoms with Gasteiger partial charge in [0.1, 0.15) is 6.54 Å². The van der Waals surface area contributed by atoms with E-state index in [0.717, 1.165) is 5.56 Å². The molecule has 0 unspecified atom stereocenters. The highest BCUT2D eigenvalue weighted by molar-refractivity contribution is 5.95. The number of rotatable bonds is 7. The van der Waals surface area contributed by atoms with E-state index >= 15 is 0 Å². The summed E-state index contributed by atoms with van der Waals surface area (Å²) in [4.78, 5) is 24.5. The summed E-state index contributed by atoms with van der Waals surface area (Å²) in [5.74, 6) is 0.375. The maximum Gasteiger partial charge on any atom is 0.405 e. The first-order valence-electron chi connectivity index (χ1n) is 7.18. The first-order valence-corrected chi connectivity index (χ1v) is 7.18. The molecule has 0 spiro atoms. The fraction of sp³-hybridized carbons (Fsp3) is 0.467. The number of hydrogen-bond donors (Lipinski definition) is 2. The Bertz CT molecular complexity index is 608. The summed E-state index contributed by atoms with van der Waals surface area (Å²) in [6, 6.07) is 4.05. The van der Waals surface area contributed by atoms with E-state index in [2.05, 4.69) is 0 Å². The molecule has 0 atom stereocenters. The second-order valence-corrected chi connectivity index (χ2v) is 5.21. The standard InChI is InChI=1S/C15H20F3N3O4/c1-21(7-10-4-5-11(24-2)12(6-10)25-3)8-13(22)20-14(23)19-9-15(16,17)18/h4-6H,7-9H2,1-3H3,(H2,19,20,22,23). The minimum Gasteiger partial charge on any atom is -0.493 e. The van der Waals surface area contributed by atoms with Crippen LogP contribution in [-0.2, 0) is 11.3 Å². The molecule has 25 heavy (non-hydrogen) atoms. The van der Waals surface area contributed by atoms with Crippen LogP contribution in [0.5, 0.6) is 11.5 Å². The number of halogens is 3. The molecule has 1 aromatic rings. The fourth-order valence-corrected chi connectivity index (χ4v) is 1.98. The van der Waals surface area contributed by atoms with Crippen molar-refractivity contribution < 1.29 is 32.2 Å². The first kappa shape index (κ1) is 20.6. The molecule has 2 N–H and O–H groups in total. The number of likely N-dealkylation sites (N-methyl/N-ethyl adjacent to an activating group) is 1. The van der Waals surface area contributed by atoms with E-state index < -0.39 is 24.7 Å². The van der Waals surface area contributed by atoms with Crippen LogP contribution in [0.25, 0.3) is 0 Å². The third-order valence-electron chi connectivity index (χ3n) is 3.02. The van der Waals surface area contributed by atoms with Crippen molar-refractivity contribution >= 4 is 11.9 Å². The molecule has 1 aromatic carbocycles. The second-order valence-electron chi connectivity index (χ2n) is 5.21. The van der Waals surface area contributed by atoms with Crippen LogP contribution in [-0.4, -0.2) is 57.4 Å².